The fourth-order valence-corrected chi connectivity index (χ4v) is 2.12. The highest BCUT2D eigenvalue weighted by Gasteiger charge is 2.13. The van der Waals surface area contributed by atoms with Crippen molar-refractivity contribution in [3.63, 3.8) is 0 Å². The van der Waals surface area contributed by atoms with Crippen LogP contribution in [0.3, 0.4) is 0 Å². The molecule has 2 aromatic rings. The summed E-state index contributed by atoms with van der Waals surface area (Å²) in [5.41, 5.74) is 3.71. The maximum absolute atomic E-state index is 5.28. The van der Waals surface area contributed by atoms with Gasteiger partial charge in [0.2, 0.25) is 0 Å². The molecule has 0 fully saturated rings. The molecular weight excluding hydrogens is 214 g/mol. The van der Waals surface area contributed by atoms with Gasteiger partial charge >= 0.3 is 0 Å². The van der Waals surface area contributed by atoms with Crippen LogP contribution in [0.2, 0.25) is 0 Å². The number of benzene rings is 1. The van der Waals surface area contributed by atoms with Crippen LogP contribution in [-0.4, -0.2) is 10.1 Å². The van der Waals surface area contributed by atoms with E-state index < -0.39 is 0 Å². The van der Waals surface area contributed by atoms with E-state index in [1.807, 2.05) is 0 Å². The van der Waals surface area contributed by atoms with Gasteiger partial charge < -0.3 is 9.84 Å². The quantitative estimate of drug-likeness (QED) is 0.877. The van der Waals surface area contributed by atoms with Crippen LogP contribution in [0.1, 0.15) is 30.3 Å². The zero-order valence-corrected chi connectivity index (χ0v) is 9.86. The molecule has 1 aliphatic rings. The van der Waals surface area contributed by atoms with Crippen molar-refractivity contribution in [1.29, 1.82) is 0 Å². The summed E-state index contributed by atoms with van der Waals surface area (Å²) in [6.45, 7) is 4.00. The molecule has 0 amide bonds. The molecule has 0 atom stereocenters. The lowest BCUT2D eigenvalue weighted by Crippen LogP contribution is -1.99. The standard InChI is InChI=1S/C13H15N3O/c1-2-3-12-15-13(17-16-12)9-4-5-10-7-14-8-11(10)6-9/h4-6,14H,2-3,7-8H2,1H3. The van der Waals surface area contributed by atoms with Crippen LogP contribution in [-0.2, 0) is 19.5 Å². The lowest BCUT2D eigenvalue weighted by molar-refractivity contribution is 0.422. The maximum Gasteiger partial charge on any atom is 0.257 e. The van der Waals surface area contributed by atoms with Gasteiger partial charge in [0.25, 0.3) is 5.89 Å². The first-order valence-electron chi connectivity index (χ1n) is 6.02. The van der Waals surface area contributed by atoms with Gasteiger partial charge in [0.1, 0.15) is 0 Å². The molecule has 1 aliphatic heterocycles. The number of nitrogens with zero attached hydrogens (tertiary/aromatic N) is 2. The third kappa shape index (κ3) is 1.96. The Morgan fingerprint density at radius 2 is 2.18 bits per heavy atom. The van der Waals surface area contributed by atoms with E-state index in [0.29, 0.717) is 5.89 Å². The second kappa shape index (κ2) is 4.30. The van der Waals surface area contributed by atoms with E-state index in [2.05, 4.69) is 40.6 Å². The third-order valence-electron chi connectivity index (χ3n) is 3.03. The Labute approximate surface area is 100 Å². The van der Waals surface area contributed by atoms with E-state index in [1.165, 1.54) is 11.1 Å². The van der Waals surface area contributed by atoms with E-state index in [-0.39, 0.29) is 0 Å². The first kappa shape index (κ1) is 10.5. The average molecular weight is 229 g/mol. The zero-order valence-electron chi connectivity index (χ0n) is 9.86. The molecule has 1 N–H and O–H groups in total. The van der Waals surface area contributed by atoms with Gasteiger partial charge in [-0.3, -0.25) is 0 Å². The van der Waals surface area contributed by atoms with Gasteiger partial charge in [-0.05, 0) is 29.7 Å². The SMILES string of the molecule is CCCc1noc(-c2ccc3c(c2)CNC3)n1. The Morgan fingerprint density at radius 1 is 1.29 bits per heavy atom. The summed E-state index contributed by atoms with van der Waals surface area (Å²) in [5, 5.41) is 7.30. The van der Waals surface area contributed by atoms with Gasteiger partial charge in [0.05, 0.1) is 0 Å². The van der Waals surface area contributed by atoms with E-state index in [1.54, 1.807) is 0 Å². The lowest BCUT2D eigenvalue weighted by Gasteiger charge is -1.99. The van der Waals surface area contributed by atoms with Crippen molar-refractivity contribution in [1.82, 2.24) is 15.5 Å². The highest BCUT2D eigenvalue weighted by molar-refractivity contribution is 5.56. The van der Waals surface area contributed by atoms with Gasteiger partial charge in [-0.25, -0.2) is 0 Å². The first-order chi connectivity index (χ1) is 8.36. The fraction of sp³-hybridized carbons (Fsp3) is 0.385. The highest BCUT2D eigenvalue weighted by Crippen LogP contribution is 2.23. The molecule has 0 spiro atoms. The first-order valence-corrected chi connectivity index (χ1v) is 6.02. The minimum absolute atomic E-state index is 0.628. The summed E-state index contributed by atoms with van der Waals surface area (Å²) < 4.78 is 5.28. The van der Waals surface area contributed by atoms with Crippen molar-refractivity contribution >= 4 is 0 Å². The van der Waals surface area contributed by atoms with Gasteiger partial charge in [0, 0.05) is 25.1 Å². The molecule has 0 aliphatic carbocycles. The molecule has 4 heteroatoms. The minimum atomic E-state index is 0.628. The van der Waals surface area contributed by atoms with Gasteiger partial charge in [-0.2, -0.15) is 4.98 Å². The molecule has 0 saturated heterocycles. The van der Waals surface area contributed by atoms with Gasteiger partial charge in [-0.15, -0.1) is 0 Å². The smallest absolute Gasteiger partial charge is 0.257 e. The number of aromatic nitrogens is 2. The number of aryl methyl sites for hydroxylation is 1. The van der Waals surface area contributed by atoms with Crippen molar-refractivity contribution in [2.45, 2.75) is 32.9 Å². The van der Waals surface area contributed by atoms with Gasteiger partial charge in [0.15, 0.2) is 5.82 Å². The van der Waals surface area contributed by atoms with E-state index in [0.717, 1.165) is 37.3 Å². The van der Waals surface area contributed by atoms with Crippen LogP contribution in [0.25, 0.3) is 11.5 Å². The van der Waals surface area contributed by atoms with Crippen molar-refractivity contribution in [3.8, 4) is 11.5 Å². The van der Waals surface area contributed by atoms with Crippen molar-refractivity contribution in [2.24, 2.45) is 0 Å². The van der Waals surface area contributed by atoms with Crippen molar-refractivity contribution in [2.75, 3.05) is 0 Å². The number of nitrogens with one attached hydrogen (secondary N) is 1. The Morgan fingerprint density at radius 3 is 3.06 bits per heavy atom. The zero-order chi connectivity index (χ0) is 11.7. The maximum atomic E-state index is 5.28. The van der Waals surface area contributed by atoms with Crippen LogP contribution in [0.5, 0.6) is 0 Å². The van der Waals surface area contributed by atoms with E-state index >= 15 is 0 Å². The lowest BCUT2D eigenvalue weighted by atomic mass is 10.1. The Kier molecular flexibility index (Phi) is 2.65. The summed E-state index contributed by atoms with van der Waals surface area (Å²) in [6.07, 6.45) is 1.91. The van der Waals surface area contributed by atoms with Crippen LogP contribution >= 0.6 is 0 Å². The highest BCUT2D eigenvalue weighted by atomic mass is 16.5. The summed E-state index contributed by atoms with van der Waals surface area (Å²) in [7, 11) is 0. The molecular formula is C13H15N3O. The third-order valence-corrected chi connectivity index (χ3v) is 3.03. The second-order valence-corrected chi connectivity index (χ2v) is 4.35. The number of rotatable bonds is 3. The molecule has 4 nitrogen and oxygen atoms in total. The summed E-state index contributed by atoms with van der Waals surface area (Å²) in [6, 6.07) is 6.32. The van der Waals surface area contributed by atoms with Crippen LogP contribution in [0.4, 0.5) is 0 Å². The van der Waals surface area contributed by atoms with Crippen LogP contribution in [0.15, 0.2) is 22.7 Å². The van der Waals surface area contributed by atoms with Crippen molar-refractivity contribution < 1.29 is 4.52 Å². The van der Waals surface area contributed by atoms with Gasteiger partial charge in [-0.1, -0.05) is 18.1 Å². The monoisotopic (exact) mass is 229 g/mol. The number of hydrogen-bond donors (Lipinski definition) is 1. The average Bonchev–Trinajstić information content (AvgIpc) is 2.96. The molecule has 1 aromatic heterocycles. The Bertz CT molecular complexity index is 533. The molecule has 0 radical (unpaired) electrons. The predicted octanol–water partition coefficient (Wildman–Crippen LogP) is 2.29. The normalized spacial score (nSPS) is 13.9. The minimum Gasteiger partial charge on any atom is -0.334 e. The largest absolute Gasteiger partial charge is 0.334 e. The summed E-state index contributed by atoms with van der Waals surface area (Å²) in [5.74, 6) is 1.42. The predicted molar refractivity (Wildman–Crippen MR) is 64.3 cm³/mol. The van der Waals surface area contributed by atoms with Crippen LogP contribution < -0.4 is 5.32 Å². The molecule has 3 rings (SSSR count). The fourth-order valence-electron chi connectivity index (χ4n) is 2.12. The Balaban J connectivity index is 1.92. The molecule has 1 aromatic carbocycles. The molecule has 0 saturated carbocycles. The number of fused-ring (bicyclic) bond motifs is 1. The molecule has 0 bridgehead atoms. The van der Waals surface area contributed by atoms with Crippen molar-refractivity contribution in [3.05, 3.63) is 35.2 Å². The topological polar surface area (TPSA) is 51.0 Å². The molecule has 17 heavy (non-hydrogen) atoms. The summed E-state index contributed by atoms with van der Waals surface area (Å²) >= 11 is 0. The second-order valence-electron chi connectivity index (χ2n) is 4.35. The molecule has 0 unspecified atom stereocenters. The summed E-state index contributed by atoms with van der Waals surface area (Å²) in [4.78, 5) is 4.40. The van der Waals surface area contributed by atoms with E-state index in [9.17, 15) is 0 Å². The number of hydrogen-bond acceptors (Lipinski definition) is 4. The van der Waals surface area contributed by atoms with Crippen LogP contribution in [0, 0.1) is 0 Å². The molecule has 88 valence electrons. The molecule has 2 heterocycles. The van der Waals surface area contributed by atoms with E-state index in [4.69, 9.17) is 4.52 Å². The Hall–Kier alpha value is -1.68.